The molecule has 156 valence electrons. The summed E-state index contributed by atoms with van der Waals surface area (Å²) >= 11 is 0. The molecule has 3 aromatic rings. The molecular weight excluding hydrogens is 392 g/mol. The smallest absolute Gasteiger partial charge is 0.387 e. The topological polar surface area (TPSA) is 73.2 Å². The molecule has 3 rings (SSSR count). The van der Waals surface area contributed by atoms with Crippen molar-refractivity contribution < 1.29 is 23.1 Å². The van der Waals surface area contributed by atoms with E-state index in [-0.39, 0.29) is 11.3 Å². The van der Waals surface area contributed by atoms with Gasteiger partial charge in [0.15, 0.2) is 0 Å². The highest BCUT2D eigenvalue weighted by Gasteiger charge is 2.24. The first-order valence-electron chi connectivity index (χ1n) is 9.23. The molecule has 1 amide bonds. The van der Waals surface area contributed by atoms with Crippen molar-refractivity contribution in [3.63, 3.8) is 0 Å². The van der Waals surface area contributed by atoms with Gasteiger partial charge in [-0.25, -0.2) is 0 Å². The number of carbonyl (C=O) groups is 2. The fourth-order valence-electron chi connectivity index (χ4n) is 3.23. The largest absolute Gasteiger partial charge is 0.435 e. The molecule has 0 spiro atoms. The van der Waals surface area contributed by atoms with Crippen molar-refractivity contribution in [2.24, 2.45) is 7.05 Å². The minimum absolute atomic E-state index is 0.0112. The molecule has 0 aliphatic rings. The first-order chi connectivity index (χ1) is 14.3. The molecule has 6 nitrogen and oxygen atoms in total. The molecule has 0 aliphatic carbocycles. The van der Waals surface area contributed by atoms with Gasteiger partial charge >= 0.3 is 6.61 Å². The van der Waals surface area contributed by atoms with Crippen molar-refractivity contribution in [1.82, 2.24) is 9.78 Å². The van der Waals surface area contributed by atoms with E-state index in [0.717, 1.165) is 5.56 Å². The summed E-state index contributed by atoms with van der Waals surface area (Å²) in [7, 11) is 1.69. The summed E-state index contributed by atoms with van der Waals surface area (Å²) in [6, 6.07) is 13.5. The predicted octanol–water partition coefficient (Wildman–Crippen LogP) is 4.05. The van der Waals surface area contributed by atoms with Gasteiger partial charge in [-0.05, 0) is 37.6 Å². The number of ether oxygens (including phenoxy) is 1. The summed E-state index contributed by atoms with van der Waals surface area (Å²) in [5, 5.41) is 6.69. The van der Waals surface area contributed by atoms with Crippen LogP contribution in [0.5, 0.6) is 5.75 Å². The van der Waals surface area contributed by atoms with E-state index in [9.17, 15) is 18.4 Å². The molecule has 0 saturated carbocycles. The maximum atomic E-state index is 12.8. The van der Waals surface area contributed by atoms with Crippen LogP contribution in [0, 0.1) is 13.8 Å². The number of nitrogens with zero attached hydrogens (tertiary/aromatic N) is 2. The van der Waals surface area contributed by atoms with Crippen LogP contribution in [0.1, 0.15) is 32.9 Å². The van der Waals surface area contributed by atoms with Crippen LogP contribution in [-0.4, -0.2) is 28.1 Å². The fraction of sp³-hybridized carbons (Fsp3) is 0.227. The van der Waals surface area contributed by atoms with Crippen molar-refractivity contribution in [2.75, 3.05) is 5.32 Å². The molecule has 8 heteroatoms. The molecule has 0 radical (unpaired) electrons. The third-order valence-electron chi connectivity index (χ3n) is 4.71. The second-order valence-electron chi connectivity index (χ2n) is 6.82. The highest BCUT2D eigenvalue weighted by atomic mass is 19.3. The Kier molecular flexibility index (Phi) is 6.25. The number of Topliss-reactive ketones (excluding diaryl/α,β-unsaturated/α-hetero) is 1. The zero-order valence-electron chi connectivity index (χ0n) is 16.8. The Morgan fingerprint density at radius 1 is 1.13 bits per heavy atom. The number of aryl methyl sites for hydroxylation is 2. The van der Waals surface area contributed by atoms with E-state index in [1.165, 1.54) is 22.9 Å². The second kappa shape index (κ2) is 8.86. The van der Waals surface area contributed by atoms with E-state index in [1.54, 1.807) is 20.9 Å². The van der Waals surface area contributed by atoms with Gasteiger partial charge in [0.1, 0.15) is 5.75 Å². The summed E-state index contributed by atoms with van der Waals surface area (Å²) in [6.07, 6.45) is 0.321. The zero-order valence-corrected chi connectivity index (χ0v) is 16.8. The third kappa shape index (κ3) is 4.71. The highest BCUT2D eigenvalue weighted by molar-refractivity contribution is 6.47. The van der Waals surface area contributed by atoms with E-state index in [1.807, 2.05) is 30.3 Å². The molecule has 30 heavy (non-hydrogen) atoms. The average Bonchev–Trinajstić information content (AvgIpc) is 2.95. The van der Waals surface area contributed by atoms with Gasteiger partial charge in [0.25, 0.3) is 11.7 Å². The van der Waals surface area contributed by atoms with Crippen LogP contribution in [0.3, 0.4) is 0 Å². The molecule has 2 aromatic carbocycles. The number of benzene rings is 2. The van der Waals surface area contributed by atoms with Crippen LogP contribution in [0.25, 0.3) is 0 Å². The van der Waals surface area contributed by atoms with Crippen LogP contribution in [0.15, 0.2) is 48.5 Å². The highest BCUT2D eigenvalue weighted by Crippen LogP contribution is 2.27. The van der Waals surface area contributed by atoms with Crippen LogP contribution in [-0.2, 0) is 18.3 Å². The van der Waals surface area contributed by atoms with Crippen LogP contribution >= 0.6 is 0 Å². The first kappa shape index (κ1) is 21.2. The normalized spacial score (nSPS) is 10.9. The first-order valence-corrected chi connectivity index (χ1v) is 9.23. The number of anilines is 1. The van der Waals surface area contributed by atoms with E-state index in [0.29, 0.717) is 29.1 Å². The summed E-state index contributed by atoms with van der Waals surface area (Å²) in [5.74, 6) is -1.53. The van der Waals surface area contributed by atoms with Crippen molar-refractivity contribution in [3.05, 3.63) is 76.6 Å². The Bertz CT molecular complexity index is 1080. The van der Waals surface area contributed by atoms with Crippen LogP contribution in [0.2, 0.25) is 0 Å². The molecule has 0 saturated heterocycles. The van der Waals surface area contributed by atoms with Crippen molar-refractivity contribution in [3.8, 4) is 5.75 Å². The second-order valence-corrected chi connectivity index (χ2v) is 6.82. The Balaban J connectivity index is 1.85. The van der Waals surface area contributed by atoms with Gasteiger partial charge in [0.05, 0.1) is 11.3 Å². The van der Waals surface area contributed by atoms with Gasteiger partial charge in [0.2, 0.25) is 0 Å². The lowest BCUT2D eigenvalue weighted by Gasteiger charge is -2.13. The number of nitrogens with one attached hydrogen (secondary N) is 1. The standard InChI is InChI=1S/C22H21F2N3O3/c1-13-19(14(2)27(3)26-13)20(28)21(29)25-17-9-10-18(30-22(23)24)16(12-17)11-15-7-5-4-6-8-15/h4-10,12,22H,11H2,1-3H3,(H,25,29). The molecule has 0 bridgehead atoms. The molecule has 1 heterocycles. The number of alkyl halides is 2. The summed E-state index contributed by atoms with van der Waals surface area (Å²) < 4.78 is 31.7. The minimum atomic E-state index is -2.97. The van der Waals surface area contributed by atoms with Crippen LogP contribution < -0.4 is 10.1 Å². The summed E-state index contributed by atoms with van der Waals surface area (Å²) in [4.78, 5) is 25.1. The maximum absolute atomic E-state index is 12.8. The third-order valence-corrected chi connectivity index (χ3v) is 4.71. The van der Waals surface area contributed by atoms with Gasteiger partial charge in [0, 0.05) is 30.4 Å². The summed E-state index contributed by atoms with van der Waals surface area (Å²) in [5.41, 5.74) is 2.94. The van der Waals surface area contributed by atoms with Crippen molar-refractivity contribution in [1.29, 1.82) is 0 Å². The monoisotopic (exact) mass is 413 g/mol. The van der Waals surface area contributed by atoms with Crippen LogP contribution in [0.4, 0.5) is 14.5 Å². The molecule has 1 N–H and O–H groups in total. The molecule has 0 unspecified atom stereocenters. The fourth-order valence-corrected chi connectivity index (χ4v) is 3.23. The van der Waals surface area contributed by atoms with Crippen molar-refractivity contribution >= 4 is 17.4 Å². The molecule has 0 fully saturated rings. The van der Waals surface area contributed by atoms with Gasteiger partial charge in [-0.3, -0.25) is 14.3 Å². The number of carbonyl (C=O) groups excluding carboxylic acids is 2. The Labute approximate surface area is 172 Å². The Morgan fingerprint density at radius 2 is 1.83 bits per heavy atom. The maximum Gasteiger partial charge on any atom is 0.387 e. The quantitative estimate of drug-likeness (QED) is 0.469. The van der Waals surface area contributed by atoms with Gasteiger partial charge in [-0.15, -0.1) is 0 Å². The lowest BCUT2D eigenvalue weighted by molar-refractivity contribution is -0.112. The van der Waals surface area contributed by atoms with Gasteiger partial charge in [-0.2, -0.15) is 13.9 Å². The minimum Gasteiger partial charge on any atom is -0.435 e. The summed E-state index contributed by atoms with van der Waals surface area (Å²) in [6.45, 7) is 0.384. The number of amides is 1. The number of hydrogen-bond donors (Lipinski definition) is 1. The number of ketones is 1. The predicted molar refractivity (Wildman–Crippen MR) is 108 cm³/mol. The average molecular weight is 413 g/mol. The van der Waals surface area contributed by atoms with E-state index in [2.05, 4.69) is 15.2 Å². The Morgan fingerprint density at radius 3 is 2.43 bits per heavy atom. The lowest BCUT2D eigenvalue weighted by Crippen LogP contribution is -2.24. The SMILES string of the molecule is Cc1nn(C)c(C)c1C(=O)C(=O)Nc1ccc(OC(F)F)c(Cc2ccccc2)c1. The van der Waals surface area contributed by atoms with Crippen molar-refractivity contribution in [2.45, 2.75) is 26.9 Å². The van der Waals surface area contributed by atoms with Gasteiger partial charge < -0.3 is 10.1 Å². The number of halogens is 2. The van der Waals surface area contributed by atoms with E-state index in [4.69, 9.17) is 0 Å². The lowest BCUT2D eigenvalue weighted by atomic mass is 10.0. The molecule has 0 aliphatic heterocycles. The molecular formula is C22H21F2N3O3. The molecule has 1 aromatic heterocycles. The van der Waals surface area contributed by atoms with E-state index < -0.39 is 18.3 Å². The number of hydrogen-bond acceptors (Lipinski definition) is 4. The zero-order chi connectivity index (χ0) is 21.8. The number of aromatic nitrogens is 2. The van der Waals surface area contributed by atoms with Gasteiger partial charge in [-0.1, -0.05) is 30.3 Å². The molecule has 0 atom stereocenters. The van der Waals surface area contributed by atoms with E-state index >= 15 is 0 Å². The Hall–Kier alpha value is -3.55. The number of rotatable bonds is 7.